The first-order valence-corrected chi connectivity index (χ1v) is 14.5. The van der Waals surface area contributed by atoms with Crippen LogP contribution in [0.3, 0.4) is 0 Å². The van der Waals surface area contributed by atoms with Gasteiger partial charge in [-0.1, -0.05) is 103 Å². The van der Waals surface area contributed by atoms with Crippen LogP contribution in [0.15, 0.2) is 149 Å². The summed E-state index contributed by atoms with van der Waals surface area (Å²) < 4.78 is 2.39. The predicted molar refractivity (Wildman–Crippen MR) is 171 cm³/mol. The van der Waals surface area contributed by atoms with Gasteiger partial charge in [-0.2, -0.15) is 0 Å². The summed E-state index contributed by atoms with van der Waals surface area (Å²) in [5, 5.41) is 7.83. The van der Waals surface area contributed by atoms with E-state index in [9.17, 15) is 0 Å². The highest BCUT2D eigenvalue weighted by Gasteiger charge is 2.20. The quantitative estimate of drug-likeness (QED) is 0.217. The van der Waals surface area contributed by atoms with Crippen LogP contribution in [0.2, 0.25) is 0 Å². The molecular formula is C38H23NS. The Morgan fingerprint density at radius 1 is 0.425 bits per heavy atom. The van der Waals surface area contributed by atoms with Gasteiger partial charge in [-0.15, -0.1) is 0 Å². The Morgan fingerprint density at radius 2 is 1.20 bits per heavy atom. The van der Waals surface area contributed by atoms with Crippen molar-refractivity contribution in [2.45, 2.75) is 9.79 Å². The lowest BCUT2D eigenvalue weighted by Gasteiger charge is -2.21. The molecule has 0 N–H and O–H groups in total. The minimum atomic E-state index is 1.19. The Bertz CT molecular complexity index is 2290. The third kappa shape index (κ3) is 3.11. The van der Waals surface area contributed by atoms with Gasteiger partial charge < -0.3 is 4.57 Å². The summed E-state index contributed by atoms with van der Waals surface area (Å²) in [7, 11) is 0. The first kappa shape index (κ1) is 22.1. The van der Waals surface area contributed by atoms with Crippen LogP contribution >= 0.6 is 11.8 Å². The van der Waals surface area contributed by atoms with E-state index in [4.69, 9.17) is 0 Å². The van der Waals surface area contributed by atoms with Crippen molar-refractivity contribution in [2.75, 3.05) is 0 Å². The van der Waals surface area contributed by atoms with Gasteiger partial charge in [0, 0.05) is 31.6 Å². The van der Waals surface area contributed by atoms with Gasteiger partial charge >= 0.3 is 0 Å². The normalized spacial score (nSPS) is 12.4. The molecule has 186 valence electrons. The van der Waals surface area contributed by atoms with Crippen molar-refractivity contribution in [1.82, 2.24) is 4.57 Å². The number of hydrogen-bond acceptors (Lipinski definition) is 1. The monoisotopic (exact) mass is 525 g/mol. The zero-order valence-corrected chi connectivity index (χ0v) is 22.5. The molecule has 0 atom stereocenters. The zero-order chi connectivity index (χ0) is 26.2. The van der Waals surface area contributed by atoms with Crippen molar-refractivity contribution in [1.29, 1.82) is 0 Å². The molecule has 2 heteroatoms. The fraction of sp³-hybridized carbons (Fsp3) is 0. The summed E-state index contributed by atoms with van der Waals surface area (Å²) in [5.41, 5.74) is 8.81. The molecule has 0 unspecified atom stereocenters. The molecule has 0 saturated carbocycles. The highest BCUT2D eigenvalue weighted by molar-refractivity contribution is 7.99. The van der Waals surface area contributed by atoms with E-state index < -0.39 is 0 Å². The molecule has 1 aliphatic rings. The van der Waals surface area contributed by atoms with Crippen LogP contribution in [0.1, 0.15) is 0 Å². The number of fused-ring (bicyclic) bond motifs is 7. The molecule has 9 rings (SSSR count). The molecular weight excluding hydrogens is 502 g/mol. The van der Waals surface area contributed by atoms with E-state index in [1.807, 2.05) is 11.8 Å². The van der Waals surface area contributed by atoms with Crippen molar-refractivity contribution in [3.8, 4) is 27.9 Å². The third-order valence-corrected chi connectivity index (χ3v) is 9.49. The van der Waals surface area contributed by atoms with Gasteiger partial charge in [0.25, 0.3) is 0 Å². The molecule has 0 saturated heterocycles. The molecule has 0 aliphatic carbocycles. The van der Waals surface area contributed by atoms with E-state index in [0.29, 0.717) is 0 Å². The minimum Gasteiger partial charge on any atom is -0.309 e. The summed E-state index contributed by atoms with van der Waals surface area (Å²) in [6, 6.07) is 51.2. The standard InChI is InChI=1S/C38H23NS/c1-2-10-28(11-3-1)39-33-14-5-4-12-30(33)38-31-22-26(17-16-24(31)18-20-34(38)39)27-19-21-35-32(23-27)29-13-6-8-25-9-7-15-36(40-35)37(25)29/h1-23H. The highest BCUT2D eigenvalue weighted by atomic mass is 32.2. The molecule has 1 aromatic heterocycles. The van der Waals surface area contributed by atoms with Crippen LogP contribution in [-0.4, -0.2) is 4.57 Å². The van der Waals surface area contributed by atoms with Gasteiger partial charge in [0.1, 0.15) is 0 Å². The average molecular weight is 526 g/mol. The molecule has 1 aliphatic heterocycles. The highest BCUT2D eigenvalue weighted by Crippen LogP contribution is 2.49. The molecule has 0 fully saturated rings. The Balaban J connectivity index is 1.29. The van der Waals surface area contributed by atoms with Gasteiger partial charge in [0.05, 0.1) is 11.0 Å². The molecule has 1 nitrogen and oxygen atoms in total. The minimum absolute atomic E-state index is 1.19. The second kappa shape index (κ2) is 8.35. The van der Waals surface area contributed by atoms with E-state index in [1.165, 1.54) is 81.1 Å². The van der Waals surface area contributed by atoms with Gasteiger partial charge in [-0.3, -0.25) is 0 Å². The van der Waals surface area contributed by atoms with Crippen LogP contribution in [0.4, 0.5) is 0 Å². The third-order valence-electron chi connectivity index (χ3n) is 8.36. The SMILES string of the molecule is c1ccc(-n2c3ccccc3c3c4cc(-c5ccc6c(c5)-c5cccc7cccc(c57)S6)ccc4ccc32)cc1. The summed E-state index contributed by atoms with van der Waals surface area (Å²) >= 11 is 1.88. The predicted octanol–water partition coefficient (Wildman–Crippen LogP) is 10.9. The van der Waals surface area contributed by atoms with Gasteiger partial charge in [-0.25, -0.2) is 0 Å². The van der Waals surface area contributed by atoms with Crippen LogP contribution in [-0.2, 0) is 0 Å². The second-order valence-corrected chi connectivity index (χ2v) is 11.6. The molecule has 0 amide bonds. The Kier molecular flexibility index (Phi) is 4.61. The Morgan fingerprint density at radius 3 is 2.12 bits per heavy atom. The van der Waals surface area contributed by atoms with Gasteiger partial charge in [-0.05, 0) is 86.9 Å². The molecule has 2 heterocycles. The number of aromatic nitrogens is 1. The molecule has 7 aromatic carbocycles. The van der Waals surface area contributed by atoms with E-state index in [2.05, 4.69) is 144 Å². The first-order valence-electron chi connectivity index (χ1n) is 13.7. The van der Waals surface area contributed by atoms with Crippen molar-refractivity contribution in [3.05, 3.63) is 140 Å². The van der Waals surface area contributed by atoms with Crippen LogP contribution in [0, 0.1) is 0 Å². The molecule has 40 heavy (non-hydrogen) atoms. The number of rotatable bonds is 2. The summed E-state index contributed by atoms with van der Waals surface area (Å²) in [5.74, 6) is 0. The van der Waals surface area contributed by atoms with E-state index in [0.717, 1.165) is 0 Å². The fourth-order valence-electron chi connectivity index (χ4n) is 6.57. The maximum atomic E-state index is 2.39. The van der Waals surface area contributed by atoms with Crippen LogP contribution in [0.25, 0.3) is 71.3 Å². The summed E-state index contributed by atoms with van der Waals surface area (Å²) in [4.78, 5) is 2.67. The largest absolute Gasteiger partial charge is 0.309 e. The molecule has 0 bridgehead atoms. The van der Waals surface area contributed by atoms with Crippen molar-refractivity contribution >= 4 is 55.1 Å². The van der Waals surface area contributed by atoms with Gasteiger partial charge in [0.2, 0.25) is 0 Å². The lowest BCUT2D eigenvalue weighted by molar-refractivity contribution is 1.18. The number of benzene rings is 7. The van der Waals surface area contributed by atoms with Crippen LogP contribution in [0.5, 0.6) is 0 Å². The van der Waals surface area contributed by atoms with Crippen molar-refractivity contribution in [3.63, 3.8) is 0 Å². The summed E-state index contributed by atoms with van der Waals surface area (Å²) in [6.45, 7) is 0. The molecule has 0 spiro atoms. The average Bonchev–Trinajstić information content (AvgIpc) is 3.36. The number of nitrogens with zero attached hydrogens (tertiary/aromatic N) is 1. The smallest absolute Gasteiger partial charge is 0.0547 e. The maximum Gasteiger partial charge on any atom is 0.0547 e. The van der Waals surface area contributed by atoms with E-state index >= 15 is 0 Å². The Labute approximate surface area is 236 Å². The zero-order valence-electron chi connectivity index (χ0n) is 21.6. The lowest BCUT2D eigenvalue weighted by atomic mass is 9.93. The molecule has 8 aromatic rings. The van der Waals surface area contributed by atoms with Gasteiger partial charge in [0.15, 0.2) is 0 Å². The summed E-state index contributed by atoms with van der Waals surface area (Å²) in [6.07, 6.45) is 0. The Hall–Kier alpha value is -4.79. The lowest BCUT2D eigenvalue weighted by Crippen LogP contribution is -1.93. The number of hydrogen-bond donors (Lipinski definition) is 0. The molecule has 0 radical (unpaired) electrons. The van der Waals surface area contributed by atoms with E-state index in [1.54, 1.807) is 0 Å². The van der Waals surface area contributed by atoms with Crippen molar-refractivity contribution in [2.24, 2.45) is 0 Å². The van der Waals surface area contributed by atoms with Crippen molar-refractivity contribution < 1.29 is 0 Å². The maximum absolute atomic E-state index is 2.39. The second-order valence-electron chi connectivity index (χ2n) is 10.6. The van der Waals surface area contributed by atoms with Crippen LogP contribution < -0.4 is 0 Å². The number of para-hydroxylation sites is 2. The topological polar surface area (TPSA) is 4.93 Å². The fourth-order valence-corrected chi connectivity index (χ4v) is 7.69. The first-order chi connectivity index (χ1) is 19.8. The van der Waals surface area contributed by atoms with E-state index in [-0.39, 0.29) is 0 Å².